The summed E-state index contributed by atoms with van der Waals surface area (Å²) in [7, 11) is 5.78. The quantitative estimate of drug-likeness (QED) is 0.794. The fourth-order valence-electron chi connectivity index (χ4n) is 2.93. The molecule has 1 aromatic carbocycles. The van der Waals surface area contributed by atoms with E-state index in [4.69, 9.17) is 4.74 Å². The van der Waals surface area contributed by atoms with Gasteiger partial charge in [-0.3, -0.25) is 4.79 Å². The normalized spacial score (nSPS) is 16.1. The number of amides is 1. The van der Waals surface area contributed by atoms with Crippen molar-refractivity contribution in [2.45, 2.75) is 51.5 Å². The van der Waals surface area contributed by atoms with Gasteiger partial charge in [-0.05, 0) is 76.7 Å². The number of rotatable bonds is 8. The minimum Gasteiger partial charge on any atom is -0.496 e. The molecule has 0 saturated heterocycles. The van der Waals surface area contributed by atoms with Gasteiger partial charge in [-0.1, -0.05) is 12.1 Å². The van der Waals surface area contributed by atoms with E-state index in [0.29, 0.717) is 24.8 Å². The number of hydrogen-bond acceptors (Lipinski definition) is 3. The van der Waals surface area contributed by atoms with Crippen LogP contribution in [0.2, 0.25) is 0 Å². The summed E-state index contributed by atoms with van der Waals surface area (Å²) >= 11 is 0. The molecule has 1 saturated carbocycles. The van der Waals surface area contributed by atoms with Gasteiger partial charge in [0.25, 0.3) is 0 Å². The molecule has 1 aliphatic rings. The van der Waals surface area contributed by atoms with Crippen molar-refractivity contribution in [2.75, 3.05) is 27.7 Å². The lowest BCUT2D eigenvalue weighted by atomic mass is 9.89. The van der Waals surface area contributed by atoms with Crippen molar-refractivity contribution < 1.29 is 9.53 Å². The van der Waals surface area contributed by atoms with Gasteiger partial charge in [0.1, 0.15) is 5.75 Å². The molecule has 134 valence electrons. The van der Waals surface area contributed by atoms with Crippen LogP contribution in [0.1, 0.15) is 50.2 Å². The zero-order valence-corrected chi connectivity index (χ0v) is 16.0. The summed E-state index contributed by atoms with van der Waals surface area (Å²) in [5.41, 5.74) is 2.36. The molecule has 2 rings (SSSR count). The number of nitrogens with one attached hydrogen (secondary N) is 1. The molecule has 4 nitrogen and oxygen atoms in total. The molecule has 24 heavy (non-hydrogen) atoms. The molecule has 1 amide bonds. The molecular formula is C20H32N2O2. The van der Waals surface area contributed by atoms with Gasteiger partial charge in [-0.25, -0.2) is 0 Å². The molecule has 0 radical (unpaired) electrons. The average Bonchev–Trinajstić information content (AvgIpc) is 3.35. The Balaban J connectivity index is 2.01. The van der Waals surface area contributed by atoms with Crippen molar-refractivity contribution in [1.82, 2.24) is 10.2 Å². The number of carbonyl (C=O) groups is 1. The molecule has 4 heteroatoms. The Hall–Kier alpha value is -1.55. The van der Waals surface area contributed by atoms with E-state index in [1.165, 1.54) is 18.4 Å². The molecule has 0 spiro atoms. The molecule has 0 heterocycles. The zero-order valence-electron chi connectivity index (χ0n) is 16.0. The van der Waals surface area contributed by atoms with Gasteiger partial charge in [0.05, 0.1) is 7.11 Å². The number of methoxy groups -OCH3 is 1. The van der Waals surface area contributed by atoms with Gasteiger partial charge in [-0.15, -0.1) is 0 Å². The van der Waals surface area contributed by atoms with Crippen LogP contribution in [0.4, 0.5) is 0 Å². The van der Waals surface area contributed by atoms with E-state index in [1.807, 2.05) is 20.2 Å². The fraction of sp³-hybridized carbons (Fsp3) is 0.650. The van der Waals surface area contributed by atoms with Crippen LogP contribution < -0.4 is 10.1 Å². The molecule has 1 N–H and O–H groups in total. The Morgan fingerprint density at radius 3 is 2.54 bits per heavy atom. The van der Waals surface area contributed by atoms with Gasteiger partial charge < -0.3 is 15.0 Å². The van der Waals surface area contributed by atoms with Crippen LogP contribution in [0.5, 0.6) is 5.75 Å². The topological polar surface area (TPSA) is 41.6 Å². The van der Waals surface area contributed by atoms with Crippen LogP contribution in [0.3, 0.4) is 0 Å². The third-order valence-electron chi connectivity index (χ3n) is 5.37. The van der Waals surface area contributed by atoms with E-state index >= 15 is 0 Å². The first-order chi connectivity index (χ1) is 11.2. The van der Waals surface area contributed by atoms with Gasteiger partial charge in [0.15, 0.2) is 0 Å². The number of ether oxygens (including phenoxy) is 1. The third kappa shape index (κ3) is 4.73. The smallest absolute Gasteiger partial charge is 0.220 e. The Kier molecular flexibility index (Phi) is 5.92. The first-order valence-electron chi connectivity index (χ1n) is 8.83. The number of nitrogens with zero attached hydrogens (tertiary/aromatic N) is 1. The molecule has 0 bridgehead atoms. The molecule has 1 aromatic rings. The van der Waals surface area contributed by atoms with Gasteiger partial charge in [-0.2, -0.15) is 0 Å². The molecule has 1 atom stereocenters. The monoisotopic (exact) mass is 332 g/mol. The molecule has 1 unspecified atom stereocenters. The van der Waals surface area contributed by atoms with Crippen molar-refractivity contribution in [3.05, 3.63) is 29.3 Å². The van der Waals surface area contributed by atoms with Crippen molar-refractivity contribution >= 4 is 5.91 Å². The number of aryl methyl sites for hydroxylation is 1. The largest absolute Gasteiger partial charge is 0.496 e. The number of likely N-dealkylation sites (N-methyl/N-ethyl adjacent to an activating group) is 1. The predicted octanol–water partition coefficient (Wildman–Crippen LogP) is 3.34. The van der Waals surface area contributed by atoms with Crippen molar-refractivity contribution in [3.63, 3.8) is 0 Å². The number of carbonyl (C=O) groups excluding carboxylic acids is 1. The highest BCUT2D eigenvalue weighted by Gasteiger charge is 2.34. The molecule has 0 aliphatic heterocycles. The third-order valence-corrected chi connectivity index (χ3v) is 5.37. The summed E-state index contributed by atoms with van der Waals surface area (Å²) < 4.78 is 5.35. The number of benzene rings is 1. The van der Waals surface area contributed by atoms with Crippen LogP contribution in [-0.2, 0) is 4.79 Å². The molecular weight excluding hydrogens is 300 g/mol. The van der Waals surface area contributed by atoms with Crippen LogP contribution >= 0.6 is 0 Å². The minimum atomic E-state index is -0.0402. The molecule has 1 aliphatic carbocycles. The Morgan fingerprint density at radius 2 is 2.04 bits per heavy atom. The second kappa shape index (κ2) is 7.56. The number of hydrogen-bond donors (Lipinski definition) is 1. The SMILES string of the molecule is COc1ccc(C(CC(=O)NCC(C)(C)N(C)C)C2CC2)cc1C. The van der Waals surface area contributed by atoms with Crippen LogP contribution in [-0.4, -0.2) is 44.1 Å². The summed E-state index contributed by atoms with van der Waals surface area (Å²) in [4.78, 5) is 14.6. The summed E-state index contributed by atoms with van der Waals surface area (Å²) in [5.74, 6) is 2.02. The van der Waals surface area contributed by atoms with E-state index in [0.717, 1.165) is 11.3 Å². The van der Waals surface area contributed by atoms with Gasteiger partial charge >= 0.3 is 0 Å². The lowest BCUT2D eigenvalue weighted by molar-refractivity contribution is -0.122. The predicted molar refractivity (Wildman–Crippen MR) is 98.6 cm³/mol. The Morgan fingerprint density at radius 1 is 1.38 bits per heavy atom. The Bertz CT molecular complexity index is 577. The second-order valence-corrected chi connectivity index (χ2v) is 7.86. The van der Waals surface area contributed by atoms with Gasteiger partial charge in [0.2, 0.25) is 5.91 Å². The fourth-order valence-corrected chi connectivity index (χ4v) is 2.93. The van der Waals surface area contributed by atoms with Crippen LogP contribution in [0, 0.1) is 12.8 Å². The maximum atomic E-state index is 12.5. The molecule has 0 aromatic heterocycles. The average molecular weight is 332 g/mol. The van der Waals surface area contributed by atoms with Crippen molar-refractivity contribution in [2.24, 2.45) is 5.92 Å². The highest BCUT2D eigenvalue weighted by Crippen LogP contribution is 2.45. The van der Waals surface area contributed by atoms with E-state index < -0.39 is 0 Å². The highest BCUT2D eigenvalue weighted by molar-refractivity contribution is 5.77. The van der Waals surface area contributed by atoms with E-state index in [2.05, 4.69) is 43.1 Å². The highest BCUT2D eigenvalue weighted by atomic mass is 16.5. The van der Waals surface area contributed by atoms with Crippen LogP contribution in [0.15, 0.2) is 18.2 Å². The minimum absolute atomic E-state index is 0.0402. The first kappa shape index (κ1) is 18.8. The molecule has 1 fully saturated rings. The van der Waals surface area contributed by atoms with E-state index in [-0.39, 0.29) is 11.4 Å². The lowest BCUT2D eigenvalue weighted by Crippen LogP contribution is -2.48. The van der Waals surface area contributed by atoms with Crippen molar-refractivity contribution in [1.29, 1.82) is 0 Å². The Labute approximate surface area is 146 Å². The van der Waals surface area contributed by atoms with Crippen LogP contribution in [0.25, 0.3) is 0 Å². The summed E-state index contributed by atoms with van der Waals surface area (Å²) in [6, 6.07) is 6.32. The zero-order chi connectivity index (χ0) is 17.9. The second-order valence-electron chi connectivity index (χ2n) is 7.86. The summed E-state index contributed by atoms with van der Waals surface area (Å²) in [6.45, 7) is 7.00. The first-order valence-corrected chi connectivity index (χ1v) is 8.83. The standard InChI is InChI=1S/C20H32N2O2/c1-14-11-16(9-10-18(14)24-6)17(15-7-8-15)12-19(23)21-13-20(2,3)22(4)5/h9-11,15,17H,7-8,12-13H2,1-6H3,(H,21,23). The van der Waals surface area contributed by atoms with Crippen molar-refractivity contribution in [3.8, 4) is 5.75 Å². The van der Waals surface area contributed by atoms with E-state index in [9.17, 15) is 4.79 Å². The summed E-state index contributed by atoms with van der Waals surface area (Å²) in [6.07, 6.45) is 3.03. The van der Waals surface area contributed by atoms with E-state index in [1.54, 1.807) is 7.11 Å². The van der Waals surface area contributed by atoms with Gasteiger partial charge in [0, 0.05) is 18.5 Å². The maximum Gasteiger partial charge on any atom is 0.220 e. The summed E-state index contributed by atoms with van der Waals surface area (Å²) in [5, 5.41) is 3.12. The lowest BCUT2D eigenvalue weighted by Gasteiger charge is -2.32. The maximum absolute atomic E-state index is 12.5.